The Balaban J connectivity index is 2.06. The van der Waals surface area contributed by atoms with Crippen LogP contribution in [0.3, 0.4) is 0 Å². The van der Waals surface area contributed by atoms with E-state index < -0.39 is 0 Å². The lowest BCUT2D eigenvalue weighted by Gasteiger charge is -2.14. The first-order valence-electron chi connectivity index (χ1n) is 9.24. The van der Waals surface area contributed by atoms with Crippen LogP contribution in [-0.2, 0) is 0 Å². The highest BCUT2D eigenvalue weighted by Gasteiger charge is 2.15. The molecule has 1 heterocycles. The first-order valence-corrected chi connectivity index (χ1v) is 11.1. The Bertz CT molecular complexity index is 1140. The van der Waals surface area contributed by atoms with Crippen molar-refractivity contribution in [2.45, 2.75) is 26.2 Å². The molecule has 0 saturated carbocycles. The Morgan fingerprint density at radius 3 is 2.83 bits per heavy atom. The lowest BCUT2D eigenvalue weighted by Crippen LogP contribution is -2.23. The van der Waals surface area contributed by atoms with Gasteiger partial charge in [-0.25, -0.2) is 4.98 Å². The molecule has 0 amide bonds. The average molecular weight is 566 g/mol. The van der Waals surface area contributed by atoms with Crippen molar-refractivity contribution in [2.24, 2.45) is 5.10 Å². The third kappa shape index (κ3) is 4.95. The van der Waals surface area contributed by atoms with Gasteiger partial charge in [-0.1, -0.05) is 42.4 Å². The van der Waals surface area contributed by atoms with Gasteiger partial charge in [0.05, 0.1) is 20.7 Å². The van der Waals surface area contributed by atoms with Gasteiger partial charge < -0.3 is 4.74 Å². The predicted molar refractivity (Wildman–Crippen MR) is 130 cm³/mol. The van der Waals surface area contributed by atoms with Crippen LogP contribution in [0.25, 0.3) is 10.9 Å². The smallest absolute Gasteiger partial charge is 0.282 e. The maximum atomic E-state index is 13.1. The van der Waals surface area contributed by atoms with Crippen LogP contribution in [-0.4, -0.2) is 22.5 Å². The third-order valence-electron chi connectivity index (χ3n) is 4.52. The molecule has 0 radical (unpaired) electrons. The van der Waals surface area contributed by atoms with E-state index >= 15 is 0 Å². The average Bonchev–Trinajstić information content (AvgIpc) is 2.72. The summed E-state index contributed by atoms with van der Waals surface area (Å²) in [6.07, 6.45) is 4.24. The van der Waals surface area contributed by atoms with E-state index in [0.717, 1.165) is 25.8 Å². The molecule has 1 aromatic heterocycles. The predicted octanol–water partition coefficient (Wildman–Crippen LogP) is 5.72. The molecule has 0 saturated heterocycles. The summed E-state index contributed by atoms with van der Waals surface area (Å²) in [5, 5.41) is 5.03. The first-order chi connectivity index (χ1) is 13.9. The molecule has 7 heteroatoms. The number of rotatable bonds is 7. The number of hydrogen-bond acceptors (Lipinski definition) is 4. The minimum atomic E-state index is -0.177. The van der Waals surface area contributed by atoms with E-state index in [4.69, 9.17) is 9.72 Å². The second kappa shape index (κ2) is 9.67. The normalized spacial score (nSPS) is 12.4. The fourth-order valence-electron chi connectivity index (χ4n) is 2.77. The number of halogens is 2. The largest absolute Gasteiger partial charge is 0.488 e. The van der Waals surface area contributed by atoms with E-state index in [0.29, 0.717) is 23.3 Å². The first kappa shape index (κ1) is 21.7. The van der Waals surface area contributed by atoms with Gasteiger partial charge in [0.1, 0.15) is 18.2 Å². The highest BCUT2D eigenvalue weighted by Crippen LogP contribution is 2.23. The van der Waals surface area contributed by atoms with Gasteiger partial charge in [0.2, 0.25) is 0 Å². The quantitative estimate of drug-likeness (QED) is 0.209. The van der Waals surface area contributed by atoms with Gasteiger partial charge in [0.25, 0.3) is 5.56 Å². The lowest BCUT2D eigenvalue weighted by molar-refractivity contribution is 0.360. The van der Waals surface area contributed by atoms with Crippen molar-refractivity contribution in [1.29, 1.82) is 0 Å². The van der Waals surface area contributed by atoms with E-state index in [9.17, 15) is 4.79 Å². The molecule has 0 N–H and O–H groups in total. The molecule has 2 aromatic carbocycles. The zero-order chi connectivity index (χ0) is 21.0. The van der Waals surface area contributed by atoms with Gasteiger partial charge in [-0.15, -0.1) is 0 Å². The van der Waals surface area contributed by atoms with Crippen molar-refractivity contribution >= 4 is 55.6 Å². The van der Waals surface area contributed by atoms with Gasteiger partial charge in [-0.3, -0.25) is 4.79 Å². The van der Waals surface area contributed by atoms with Crippen LogP contribution in [0.15, 0.2) is 63.4 Å². The van der Waals surface area contributed by atoms with E-state index in [-0.39, 0.29) is 11.5 Å². The van der Waals surface area contributed by atoms with Crippen LogP contribution in [0.2, 0.25) is 0 Å². The molecule has 0 spiro atoms. The Labute approximate surface area is 191 Å². The minimum absolute atomic E-state index is 0.0997. The van der Waals surface area contributed by atoms with Crippen LogP contribution >= 0.6 is 38.5 Å². The second-order valence-corrected chi connectivity index (χ2v) is 8.67. The topological polar surface area (TPSA) is 56.5 Å². The summed E-state index contributed by atoms with van der Waals surface area (Å²) in [5.41, 5.74) is 1.37. The molecular formula is C22H21BrIN3O2. The van der Waals surface area contributed by atoms with Crippen molar-refractivity contribution in [3.05, 3.63) is 78.8 Å². The van der Waals surface area contributed by atoms with Crippen LogP contribution in [0.4, 0.5) is 0 Å². The van der Waals surface area contributed by atoms with E-state index in [1.54, 1.807) is 18.4 Å². The summed E-state index contributed by atoms with van der Waals surface area (Å²) < 4.78 is 8.82. The molecule has 0 aliphatic rings. The van der Waals surface area contributed by atoms with Crippen molar-refractivity contribution in [1.82, 2.24) is 9.66 Å². The van der Waals surface area contributed by atoms with Crippen molar-refractivity contribution in [2.75, 3.05) is 6.61 Å². The van der Waals surface area contributed by atoms with Crippen LogP contribution in [0.1, 0.15) is 37.6 Å². The molecule has 150 valence electrons. The molecular weight excluding hydrogens is 545 g/mol. The molecule has 1 atom stereocenters. The molecule has 0 aliphatic heterocycles. The maximum absolute atomic E-state index is 13.1. The molecule has 0 bridgehead atoms. The summed E-state index contributed by atoms with van der Waals surface area (Å²) in [4.78, 5) is 17.9. The molecule has 29 heavy (non-hydrogen) atoms. The molecule has 3 rings (SSSR count). The SMILES string of the molecule is C=CCOc1ccc(C=Nn2c([C@@H](C)CC)nc3ccc(Br)cc3c2=O)cc1I. The summed E-state index contributed by atoms with van der Waals surface area (Å²) in [7, 11) is 0. The highest BCUT2D eigenvalue weighted by atomic mass is 127. The summed E-state index contributed by atoms with van der Waals surface area (Å²) in [6, 6.07) is 11.3. The maximum Gasteiger partial charge on any atom is 0.282 e. The van der Waals surface area contributed by atoms with Gasteiger partial charge in [-0.05, 0) is 71.0 Å². The Morgan fingerprint density at radius 2 is 2.14 bits per heavy atom. The molecule has 0 unspecified atom stereocenters. The van der Waals surface area contributed by atoms with Crippen LogP contribution < -0.4 is 10.3 Å². The summed E-state index contributed by atoms with van der Waals surface area (Å²) in [5.74, 6) is 1.55. The fraction of sp³-hybridized carbons (Fsp3) is 0.227. The molecule has 5 nitrogen and oxygen atoms in total. The number of ether oxygens (including phenoxy) is 1. The molecule has 3 aromatic rings. The van der Waals surface area contributed by atoms with E-state index in [1.165, 1.54) is 4.68 Å². The summed E-state index contributed by atoms with van der Waals surface area (Å²) in [6.45, 7) is 8.23. The second-order valence-electron chi connectivity index (χ2n) is 6.59. The molecule has 0 fully saturated rings. The Kier molecular flexibility index (Phi) is 7.23. The van der Waals surface area contributed by atoms with E-state index in [1.807, 2.05) is 37.3 Å². The number of aromatic nitrogens is 2. The van der Waals surface area contributed by atoms with Crippen molar-refractivity contribution in [3.8, 4) is 5.75 Å². The number of benzene rings is 2. The van der Waals surface area contributed by atoms with Crippen LogP contribution in [0, 0.1) is 3.57 Å². The fourth-order valence-corrected chi connectivity index (χ4v) is 3.82. The summed E-state index contributed by atoms with van der Waals surface area (Å²) >= 11 is 5.65. The van der Waals surface area contributed by atoms with Crippen molar-refractivity contribution < 1.29 is 4.74 Å². The minimum Gasteiger partial charge on any atom is -0.488 e. The van der Waals surface area contributed by atoms with Gasteiger partial charge in [-0.2, -0.15) is 9.78 Å². The van der Waals surface area contributed by atoms with Gasteiger partial charge >= 0.3 is 0 Å². The highest BCUT2D eigenvalue weighted by molar-refractivity contribution is 14.1. The zero-order valence-corrected chi connectivity index (χ0v) is 20.0. The third-order valence-corrected chi connectivity index (χ3v) is 5.86. The standard InChI is InChI=1S/C22H21BrIN3O2/c1-4-10-29-20-9-6-15(11-18(20)24)13-25-27-21(14(3)5-2)26-19-8-7-16(23)12-17(19)22(27)28/h4,6-9,11-14H,1,5,10H2,2-3H3/t14-/m0/s1. The number of fused-ring (bicyclic) bond motifs is 1. The number of hydrogen-bond donors (Lipinski definition) is 0. The Hall–Kier alpha value is -2.00. The van der Waals surface area contributed by atoms with Crippen LogP contribution in [0.5, 0.6) is 5.75 Å². The van der Waals surface area contributed by atoms with Gasteiger partial charge in [0, 0.05) is 10.4 Å². The number of nitrogens with zero attached hydrogens (tertiary/aromatic N) is 3. The van der Waals surface area contributed by atoms with Gasteiger partial charge in [0.15, 0.2) is 0 Å². The lowest BCUT2D eigenvalue weighted by atomic mass is 10.1. The Morgan fingerprint density at radius 1 is 1.34 bits per heavy atom. The van der Waals surface area contributed by atoms with E-state index in [2.05, 4.69) is 57.1 Å². The molecule has 0 aliphatic carbocycles. The van der Waals surface area contributed by atoms with Crippen molar-refractivity contribution in [3.63, 3.8) is 0 Å². The monoisotopic (exact) mass is 565 g/mol. The zero-order valence-electron chi connectivity index (χ0n) is 16.2.